The molecule has 2 nitrogen and oxygen atoms in total. The SMILES string of the molecule is COc1ccc(CNC2CCC(Cc3ccccc3)CC2)cc1. The fourth-order valence-corrected chi connectivity index (χ4v) is 3.52. The van der Waals surface area contributed by atoms with Crippen molar-refractivity contribution >= 4 is 0 Å². The quantitative estimate of drug-likeness (QED) is 0.843. The lowest BCUT2D eigenvalue weighted by Gasteiger charge is -2.29. The summed E-state index contributed by atoms with van der Waals surface area (Å²) in [6.45, 7) is 0.956. The molecule has 0 aliphatic heterocycles. The van der Waals surface area contributed by atoms with E-state index in [9.17, 15) is 0 Å². The Labute approximate surface area is 139 Å². The van der Waals surface area contributed by atoms with Crippen LogP contribution < -0.4 is 10.1 Å². The van der Waals surface area contributed by atoms with Gasteiger partial charge in [-0.1, -0.05) is 42.5 Å². The second-order valence-electron chi connectivity index (χ2n) is 6.64. The van der Waals surface area contributed by atoms with E-state index >= 15 is 0 Å². The summed E-state index contributed by atoms with van der Waals surface area (Å²) in [7, 11) is 1.71. The normalized spacial score (nSPS) is 21.1. The highest BCUT2D eigenvalue weighted by molar-refractivity contribution is 5.27. The number of hydrogen-bond donors (Lipinski definition) is 1. The monoisotopic (exact) mass is 309 g/mol. The van der Waals surface area contributed by atoms with E-state index in [4.69, 9.17) is 4.74 Å². The van der Waals surface area contributed by atoms with Crippen LogP contribution in [-0.2, 0) is 13.0 Å². The van der Waals surface area contributed by atoms with Crippen molar-refractivity contribution in [2.45, 2.75) is 44.7 Å². The van der Waals surface area contributed by atoms with Crippen molar-refractivity contribution in [1.29, 1.82) is 0 Å². The van der Waals surface area contributed by atoms with Crippen molar-refractivity contribution < 1.29 is 4.74 Å². The van der Waals surface area contributed by atoms with Gasteiger partial charge in [-0.2, -0.15) is 0 Å². The number of benzene rings is 2. The molecular formula is C21H27NO. The Hall–Kier alpha value is -1.80. The van der Waals surface area contributed by atoms with Gasteiger partial charge in [0.15, 0.2) is 0 Å². The third-order valence-electron chi connectivity index (χ3n) is 4.97. The van der Waals surface area contributed by atoms with Gasteiger partial charge in [0.25, 0.3) is 0 Å². The molecule has 122 valence electrons. The Morgan fingerprint density at radius 1 is 0.870 bits per heavy atom. The van der Waals surface area contributed by atoms with Crippen molar-refractivity contribution in [3.63, 3.8) is 0 Å². The first kappa shape index (κ1) is 16.1. The summed E-state index contributed by atoms with van der Waals surface area (Å²) in [5, 5.41) is 3.72. The van der Waals surface area contributed by atoms with Gasteiger partial charge < -0.3 is 10.1 Å². The number of nitrogens with one attached hydrogen (secondary N) is 1. The number of rotatable bonds is 6. The standard InChI is InChI=1S/C21H27NO/c1-23-21-13-9-19(10-14-21)16-22-20-11-7-18(8-12-20)15-17-5-3-2-4-6-17/h2-6,9-10,13-14,18,20,22H,7-8,11-12,15-16H2,1H3. The molecule has 0 aromatic heterocycles. The lowest BCUT2D eigenvalue weighted by Crippen LogP contribution is -2.33. The molecule has 0 unspecified atom stereocenters. The Morgan fingerprint density at radius 3 is 2.22 bits per heavy atom. The van der Waals surface area contributed by atoms with E-state index in [0.29, 0.717) is 6.04 Å². The summed E-state index contributed by atoms with van der Waals surface area (Å²) in [5.74, 6) is 1.78. The smallest absolute Gasteiger partial charge is 0.118 e. The predicted molar refractivity (Wildman–Crippen MR) is 95.7 cm³/mol. The Balaban J connectivity index is 1.40. The molecular weight excluding hydrogens is 282 g/mol. The fourth-order valence-electron chi connectivity index (χ4n) is 3.52. The molecule has 3 rings (SSSR count). The first-order chi connectivity index (χ1) is 11.3. The second-order valence-corrected chi connectivity index (χ2v) is 6.64. The summed E-state index contributed by atoms with van der Waals surface area (Å²) < 4.78 is 5.20. The van der Waals surface area contributed by atoms with Crippen LogP contribution in [0.2, 0.25) is 0 Å². The van der Waals surface area contributed by atoms with E-state index in [1.54, 1.807) is 7.11 Å². The minimum absolute atomic E-state index is 0.670. The van der Waals surface area contributed by atoms with E-state index in [-0.39, 0.29) is 0 Å². The minimum Gasteiger partial charge on any atom is -0.497 e. The molecule has 2 heteroatoms. The lowest BCUT2D eigenvalue weighted by atomic mass is 9.82. The molecule has 0 amide bonds. The molecule has 23 heavy (non-hydrogen) atoms. The molecule has 1 aliphatic rings. The van der Waals surface area contributed by atoms with Gasteiger partial charge >= 0.3 is 0 Å². The zero-order valence-corrected chi connectivity index (χ0v) is 14.0. The molecule has 0 radical (unpaired) electrons. The van der Waals surface area contributed by atoms with Crippen LogP contribution in [0.25, 0.3) is 0 Å². The summed E-state index contributed by atoms with van der Waals surface area (Å²) >= 11 is 0. The molecule has 0 heterocycles. The zero-order valence-electron chi connectivity index (χ0n) is 14.0. The first-order valence-electron chi connectivity index (χ1n) is 8.74. The van der Waals surface area contributed by atoms with Crippen molar-refractivity contribution in [3.8, 4) is 5.75 Å². The molecule has 2 aromatic carbocycles. The van der Waals surface area contributed by atoms with Crippen LogP contribution in [0, 0.1) is 5.92 Å². The third-order valence-corrected chi connectivity index (χ3v) is 4.97. The highest BCUT2D eigenvalue weighted by Gasteiger charge is 2.20. The van der Waals surface area contributed by atoms with Gasteiger partial charge in [0.2, 0.25) is 0 Å². The molecule has 1 fully saturated rings. The van der Waals surface area contributed by atoms with Gasteiger partial charge in [0.1, 0.15) is 5.75 Å². The number of ether oxygens (including phenoxy) is 1. The third kappa shape index (κ3) is 4.84. The van der Waals surface area contributed by atoms with Crippen LogP contribution in [-0.4, -0.2) is 13.2 Å². The average molecular weight is 309 g/mol. The predicted octanol–water partition coefficient (Wildman–Crippen LogP) is 4.59. The maximum Gasteiger partial charge on any atom is 0.118 e. The molecule has 0 saturated heterocycles. The molecule has 1 saturated carbocycles. The van der Waals surface area contributed by atoms with Crippen molar-refractivity contribution in [2.75, 3.05) is 7.11 Å². The van der Waals surface area contributed by atoms with Gasteiger partial charge in [-0.15, -0.1) is 0 Å². The fraction of sp³-hybridized carbons (Fsp3) is 0.429. The van der Waals surface area contributed by atoms with Crippen LogP contribution in [0.4, 0.5) is 0 Å². The lowest BCUT2D eigenvalue weighted by molar-refractivity contribution is 0.289. The van der Waals surface area contributed by atoms with E-state index in [2.05, 4.69) is 47.8 Å². The van der Waals surface area contributed by atoms with E-state index < -0.39 is 0 Å². The summed E-state index contributed by atoms with van der Waals surface area (Å²) in [5.41, 5.74) is 2.82. The van der Waals surface area contributed by atoms with Crippen LogP contribution in [0.1, 0.15) is 36.8 Å². The molecule has 1 N–H and O–H groups in total. The zero-order chi connectivity index (χ0) is 15.9. The summed E-state index contributed by atoms with van der Waals surface area (Å²) in [6, 6.07) is 19.9. The van der Waals surface area contributed by atoms with E-state index in [1.165, 1.54) is 43.2 Å². The molecule has 0 atom stereocenters. The van der Waals surface area contributed by atoms with E-state index in [0.717, 1.165) is 18.2 Å². The van der Waals surface area contributed by atoms with Gasteiger partial charge in [-0.05, 0) is 61.3 Å². The topological polar surface area (TPSA) is 21.3 Å². The van der Waals surface area contributed by atoms with Crippen LogP contribution in [0.15, 0.2) is 54.6 Å². The van der Waals surface area contributed by atoms with Gasteiger partial charge in [0.05, 0.1) is 7.11 Å². The maximum atomic E-state index is 5.20. The van der Waals surface area contributed by atoms with E-state index in [1.807, 2.05) is 12.1 Å². The first-order valence-corrected chi connectivity index (χ1v) is 8.74. The number of hydrogen-bond acceptors (Lipinski definition) is 2. The van der Waals surface area contributed by atoms with Crippen molar-refractivity contribution in [2.24, 2.45) is 5.92 Å². The van der Waals surface area contributed by atoms with Crippen LogP contribution in [0.3, 0.4) is 0 Å². The maximum absolute atomic E-state index is 5.20. The highest BCUT2D eigenvalue weighted by atomic mass is 16.5. The molecule has 0 spiro atoms. The van der Waals surface area contributed by atoms with Gasteiger partial charge in [0, 0.05) is 12.6 Å². The average Bonchev–Trinajstić information content (AvgIpc) is 2.62. The van der Waals surface area contributed by atoms with Crippen molar-refractivity contribution in [3.05, 3.63) is 65.7 Å². The Bertz CT molecular complexity index is 571. The Morgan fingerprint density at radius 2 is 1.57 bits per heavy atom. The summed E-state index contributed by atoms with van der Waals surface area (Å²) in [6.07, 6.45) is 6.53. The van der Waals surface area contributed by atoms with Crippen molar-refractivity contribution in [1.82, 2.24) is 5.32 Å². The van der Waals surface area contributed by atoms with Gasteiger partial charge in [-0.3, -0.25) is 0 Å². The Kier molecular flexibility index (Phi) is 5.71. The summed E-state index contributed by atoms with van der Waals surface area (Å²) in [4.78, 5) is 0. The van der Waals surface area contributed by atoms with Gasteiger partial charge in [-0.25, -0.2) is 0 Å². The second kappa shape index (κ2) is 8.16. The molecule has 0 bridgehead atoms. The molecule has 2 aromatic rings. The largest absolute Gasteiger partial charge is 0.497 e. The van der Waals surface area contributed by atoms with Crippen LogP contribution in [0.5, 0.6) is 5.75 Å². The highest BCUT2D eigenvalue weighted by Crippen LogP contribution is 2.27. The minimum atomic E-state index is 0.670. The molecule has 1 aliphatic carbocycles. The number of methoxy groups -OCH3 is 1. The van der Waals surface area contributed by atoms with Crippen LogP contribution >= 0.6 is 0 Å².